The SMILES string of the molecule is C=C(/C=C/c1cccc(C(=C)N/N=C/c2cccc(C#N)c2O)c1)NC. The number of para-hydroxylation sites is 1. The number of hydrogen-bond donors (Lipinski definition) is 3. The summed E-state index contributed by atoms with van der Waals surface area (Å²) in [6.45, 7) is 7.82. The van der Waals surface area contributed by atoms with E-state index >= 15 is 0 Å². The van der Waals surface area contributed by atoms with Crippen LogP contribution in [0.1, 0.15) is 22.3 Å². The minimum absolute atomic E-state index is 0.0944. The summed E-state index contributed by atoms with van der Waals surface area (Å²) in [7, 11) is 1.82. The Kier molecular flexibility index (Phi) is 6.35. The highest BCUT2D eigenvalue weighted by molar-refractivity contribution is 5.85. The van der Waals surface area contributed by atoms with Gasteiger partial charge in [-0.15, -0.1) is 0 Å². The Hall–Kier alpha value is -3.78. The maximum Gasteiger partial charge on any atom is 0.142 e. The number of allylic oxidation sites excluding steroid dienone is 1. The van der Waals surface area contributed by atoms with Crippen LogP contribution < -0.4 is 10.7 Å². The van der Waals surface area contributed by atoms with Gasteiger partial charge in [-0.3, -0.25) is 5.43 Å². The van der Waals surface area contributed by atoms with Crippen molar-refractivity contribution < 1.29 is 5.11 Å². The average molecular weight is 344 g/mol. The number of phenols is 1. The molecule has 26 heavy (non-hydrogen) atoms. The predicted molar refractivity (Wildman–Crippen MR) is 106 cm³/mol. The van der Waals surface area contributed by atoms with Crippen molar-refractivity contribution in [2.24, 2.45) is 5.10 Å². The van der Waals surface area contributed by atoms with E-state index in [1.807, 2.05) is 49.5 Å². The number of hydrogen-bond acceptors (Lipinski definition) is 5. The molecule has 130 valence electrons. The van der Waals surface area contributed by atoms with Crippen LogP contribution in [0.15, 0.2) is 72.5 Å². The molecule has 0 aliphatic heterocycles. The number of benzene rings is 2. The summed E-state index contributed by atoms with van der Waals surface area (Å²) in [4.78, 5) is 0. The summed E-state index contributed by atoms with van der Waals surface area (Å²) in [6.07, 6.45) is 5.28. The predicted octanol–water partition coefficient (Wildman–Crippen LogP) is 3.60. The summed E-state index contributed by atoms with van der Waals surface area (Å²) in [5, 5.41) is 25.9. The van der Waals surface area contributed by atoms with Gasteiger partial charge in [0.2, 0.25) is 0 Å². The molecule has 0 aliphatic carbocycles. The Morgan fingerprint density at radius 2 is 2.00 bits per heavy atom. The third-order valence-electron chi connectivity index (χ3n) is 3.62. The van der Waals surface area contributed by atoms with Gasteiger partial charge >= 0.3 is 0 Å². The fourth-order valence-electron chi connectivity index (χ4n) is 2.11. The topological polar surface area (TPSA) is 80.4 Å². The van der Waals surface area contributed by atoms with Crippen LogP contribution in [0.5, 0.6) is 5.75 Å². The van der Waals surface area contributed by atoms with Gasteiger partial charge in [-0.25, -0.2) is 0 Å². The first kappa shape index (κ1) is 18.6. The molecule has 0 fully saturated rings. The van der Waals surface area contributed by atoms with Crippen LogP contribution in [-0.4, -0.2) is 18.4 Å². The smallest absolute Gasteiger partial charge is 0.142 e. The number of phenolic OH excluding ortho intramolecular Hbond substituents is 1. The summed E-state index contributed by atoms with van der Waals surface area (Å²) in [6, 6.07) is 14.6. The Balaban J connectivity index is 2.08. The van der Waals surface area contributed by atoms with E-state index in [1.54, 1.807) is 18.2 Å². The van der Waals surface area contributed by atoms with E-state index in [0.717, 1.165) is 16.8 Å². The maximum absolute atomic E-state index is 9.95. The van der Waals surface area contributed by atoms with Crippen LogP contribution in [0.2, 0.25) is 0 Å². The summed E-state index contributed by atoms with van der Waals surface area (Å²) < 4.78 is 0. The van der Waals surface area contributed by atoms with Gasteiger partial charge in [-0.05, 0) is 35.4 Å². The highest BCUT2D eigenvalue weighted by atomic mass is 16.3. The van der Waals surface area contributed by atoms with E-state index in [4.69, 9.17) is 5.26 Å². The zero-order valence-electron chi connectivity index (χ0n) is 14.5. The lowest BCUT2D eigenvalue weighted by atomic mass is 10.1. The van der Waals surface area contributed by atoms with Crippen molar-refractivity contribution in [3.63, 3.8) is 0 Å². The van der Waals surface area contributed by atoms with Crippen LogP contribution in [-0.2, 0) is 0 Å². The molecule has 0 aliphatic rings. The van der Waals surface area contributed by atoms with Crippen molar-refractivity contribution in [1.82, 2.24) is 10.7 Å². The number of hydrazone groups is 1. The van der Waals surface area contributed by atoms with Crippen LogP contribution in [0.3, 0.4) is 0 Å². The Morgan fingerprint density at radius 1 is 1.23 bits per heavy atom. The van der Waals surface area contributed by atoms with Crippen molar-refractivity contribution in [1.29, 1.82) is 5.26 Å². The van der Waals surface area contributed by atoms with Crippen molar-refractivity contribution >= 4 is 18.0 Å². The van der Waals surface area contributed by atoms with E-state index in [-0.39, 0.29) is 11.3 Å². The molecule has 0 aromatic heterocycles. The van der Waals surface area contributed by atoms with Crippen molar-refractivity contribution in [2.45, 2.75) is 0 Å². The molecule has 0 amide bonds. The van der Waals surface area contributed by atoms with Gasteiger partial charge in [-0.2, -0.15) is 10.4 Å². The van der Waals surface area contributed by atoms with Gasteiger partial charge in [-0.1, -0.05) is 43.5 Å². The lowest BCUT2D eigenvalue weighted by molar-refractivity contribution is 0.472. The normalized spacial score (nSPS) is 10.6. The molecule has 0 atom stereocenters. The van der Waals surface area contributed by atoms with Crippen LogP contribution in [0.25, 0.3) is 11.8 Å². The fourth-order valence-corrected chi connectivity index (χ4v) is 2.11. The number of aromatic hydroxyl groups is 1. The molecular weight excluding hydrogens is 324 g/mol. The molecule has 5 nitrogen and oxygen atoms in total. The molecule has 0 saturated heterocycles. The van der Waals surface area contributed by atoms with Gasteiger partial charge in [0.25, 0.3) is 0 Å². The van der Waals surface area contributed by atoms with Gasteiger partial charge in [0.1, 0.15) is 11.8 Å². The van der Waals surface area contributed by atoms with Crippen LogP contribution >= 0.6 is 0 Å². The molecule has 0 saturated carbocycles. The molecule has 5 heteroatoms. The molecule has 0 bridgehead atoms. The standard InChI is InChI=1S/C21H20N4O/c1-15(23-3)10-11-17-6-4-7-18(12-17)16(2)25-24-14-20-9-5-8-19(13-22)21(20)26/h4-12,14,23,25-26H,1-2H2,3H3/b11-10+,24-14+. The molecule has 3 N–H and O–H groups in total. The van der Waals surface area contributed by atoms with Crippen molar-refractivity contribution in [3.05, 3.63) is 89.6 Å². The zero-order valence-corrected chi connectivity index (χ0v) is 14.5. The van der Waals surface area contributed by atoms with Crippen LogP contribution in [0.4, 0.5) is 0 Å². The van der Waals surface area contributed by atoms with Crippen molar-refractivity contribution in [2.75, 3.05) is 7.05 Å². The Labute approximate surface area is 153 Å². The largest absolute Gasteiger partial charge is 0.506 e. The quantitative estimate of drug-likeness (QED) is 0.407. The van der Waals surface area contributed by atoms with Gasteiger partial charge in [0.05, 0.1) is 17.5 Å². The van der Waals surface area contributed by atoms with E-state index in [0.29, 0.717) is 11.3 Å². The highest BCUT2D eigenvalue weighted by Gasteiger charge is 2.04. The molecule has 0 unspecified atom stereocenters. The minimum atomic E-state index is -0.0944. The first-order chi connectivity index (χ1) is 12.5. The first-order valence-corrected chi connectivity index (χ1v) is 7.90. The second-order valence-corrected chi connectivity index (χ2v) is 5.44. The molecule has 0 radical (unpaired) electrons. The Morgan fingerprint density at radius 3 is 2.73 bits per heavy atom. The monoisotopic (exact) mass is 344 g/mol. The molecule has 0 heterocycles. The number of nitriles is 1. The van der Waals surface area contributed by atoms with E-state index in [2.05, 4.69) is 29.0 Å². The van der Waals surface area contributed by atoms with Crippen LogP contribution in [0, 0.1) is 11.3 Å². The molecule has 2 aromatic rings. The van der Waals surface area contributed by atoms with E-state index in [9.17, 15) is 5.11 Å². The van der Waals surface area contributed by atoms with Gasteiger partial charge in [0.15, 0.2) is 0 Å². The zero-order chi connectivity index (χ0) is 18.9. The third-order valence-corrected chi connectivity index (χ3v) is 3.62. The molecule has 2 rings (SSSR count). The average Bonchev–Trinajstić information content (AvgIpc) is 2.67. The second-order valence-electron chi connectivity index (χ2n) is 5.44. The molecule has 0 spiro atoms. The summed E-state index contributed by atoms with van der Waals surface area (Å²) in [5.41, 5.74) is 6.81. The molecule has 2 aromatic carbocycles. The minimum Gasteiger partial charge on any atom is -0.506 e. The van der Waals surface area contributed by atoms with Crippen molar-refractivity contribution in [3.8, 4) is 11.8 Å². The number of nitrogens with zero attached hydrogens (tertiary/aromatic N) is 2. The molecular formula is C21H20N4O. The fraction of sp³-hybridized carbons (Fsp3) is 0.0476. The number of nitrogens with one attached hydrogen (secondary N) is 2. The van der Waals surface area contributed by atoms with E-state index < -0.39 is 0 Å². The van der Waals surface area contributed by atoms with E-state index in [1.165, 1.54) is 6.21 Å². The number of rotatable bonds is 7. The lowest BCUT2D eigenvalue weighted by Crippen LogP contribution is -2.04. The maximum atomic E-state index is 9.95. The number of likely N-dealkylation sites (N-methyl/N-ethyl adjacent to an activating group) is 1. The Bertz CT molecular complexity index is 920. The highest BCUT2D eigenvalue weighted by Crippen LogP contribution is 2.20. The third kappa shape index (κ3) is 4.86. The summed E-state index contributed by atoms with van der Waals surface area (Å²) >= 11 is 0. The van der Waals surface area contributed by atoms with Gasteiger partial charge in [0, 0.05) is 18.3 Å². The second kappa shape index (κ2) is 8.90. The summed E-state index contributed by atoms with van der Waals surface area (Å²) in [5.74, 6) is -0.0944. The lowest BCUT2D eigenvalue weighted by Gasteiger charge is -2.06. The van der Waals surface area contributed by atoms with Gasteiger partial charge < -0.3 is 10.4 Å². The first-order valence-electron chi connectivity index (χ1n) is 7.90.